The van der Waals surface area contributed by atoms with Gasteiger partial charge in [0.25, 0.3) is 0 Å². The molecule has 3 atom stereocenters. The average molecular weight is 314 g/mol. The molecule has 0 saturated heterocycles. The van der Waals surface area contributed by atoms with Crippen molar-refractivity contribution in [3.8, 4) is 0 Å². The van der Waals surface area contributed by atoms with Crippen LogP contribution in [-0.4, -0.2) is 12.1 Å². The Morgan fingerprint density at radius 1 is 1.22 bits per heavy atom. The maximum Gasteiger partial charge on any atom is 0.0979 e. The molecule has 0 aliphatic heterocycles. The second kappa shape index (κ2) is 7.93. The van der Waals surface area contributed by atoms with Crippen molar-refractivity contribution >= 4 is 15.9 Å². The molecule has 1 aromatic rings. The van der Waals surface area contributed by atoms with Crippen LogP contribution in [0.15, 0.2) is 28.7 Å². The molecule has 1 aromatic carbocycles. The quantitative estimate of drug-likeness (QED) is 0.808. The third kappa shape index (κ3) is 4.71. The number of benzene rings is 1. The average Bonchev–Trinajstić information content (AvgIpc) is 2.36. The number of nitrogens with two attached hydrogens (primary N) is 1. The van der Waals surface area contributed by atoms with E-state index in [1.807, 2.05) is 12.1 Å². The first-order valence-corrected chi connectivity index (χ1v) is 7.54. The Hall–Kier alpha value is -0.380. The summed E-state index contributed by atoms with van der Waals surface area (Å²) in [5.74, 6) is 0. The molecule has 0 bridgehead atoms. The second-order valence-electron chi connectivity index (χ2n) is 4.78. The van der Waals surface area contributed by atoms with Crippen LogP contribution < -0.4 is 5.73 Å². The summed E-state index contributed by atoms with van der Waals surface area (Å²) < 4.78 is 7.21. The lowest BCUT2D eigenvalue weighted by Crippen LogP contribution is -2.31. The third-order valence-electron chi connectivity index (χ3n) is 3.13. The number of halogens is 1. The summed E-state index contributed by atoms with van der Waals surface area (Å²) in [5, 5.41) is 0. The molecule has 102 valence electrons. The summed E-state index contributed by atoms with van der Waals surface area (Å²) in [5.41, 5.74) is 7.36. The van der Waals surface area contributed by atoms with Gasteiger partial charge in [-0.05, 0) is 37.5 Å². The van der Waals surface area contributed by atoms with E-state index in [9.17, 15) is 0 Å². The molecule has 3 heteroatoms. The minimum absolute atomic E-state index is 0.00958. The van der Waals surface area contributed by atoms with E-state index in [1.165, 1.54) is 0 Å². The maximum absolute atomic E-state index is 6.20. The summed E-state index contributed by atoms with van der Waals surface area (Å²) in [6.45, 7) is 6.40. The van der Waals surface area contributed by atoms with Gasteiger partial charge in [0, 0.05) is 10.5 Å². The molecule has 1 rings (SSSR count). The van der Waals surface area contributed by atoms with Crippen molar-refractivity contribution in [3.63, 3.8) is 0 Å². The van der Waals surface area contributed by atoms with Crippen LogP contribution in [0.25, 0.3) is 0 Å². The van der Waals surface area contributed by atoms with Crippen LogP contribution in [0.5, 0.6) is 0 Å². The van der Waals surface area contributed by atoms with E-state index < -0.39 is 0 Å². The van der Waals surface area contributed by atoms with Crippen LogP contribution in [0.1, 0.15) is 51.7 Å². The topological polar surface area (TPSA) is 35.2 Å². The molecule has 0 heterocycles. The smallest absolute Gasteiger partial charge is 0.0979 e. The van der Waals surface area contributed by atoms with Gasteiger partial charge < -0.3 is 10.5 Å². The Balaban J connectivity index is 2.80. The van der Waals surface area contributed by atoms with E-state index >= 15 is 0 Å². The fourth-order valence-corrected chi connectivity index (χ4v) is 2.28. The minimum Gasteiger partial charge on any atom is -0.369 e. The summed E-state index contributed by atoms with van der Waals surface area (Å²) in [4.78, 5) is 0. The Bertz CT molecular complexity index is 339. The minimum atomic E-state index is -0.00958. The Labute approximate surface area is 119 Å². The first-order chi connectivity index (χ1) is 8.58. The number of rotatable bonds is 7. The highest BCUT2D eigenvalue weighted by molar-refractivity contribution is 9.10. The summed E-state index contributed by atoms with van der Waals surface area (Å²) >= 11 is 3.45. The third-order valence-corrected chi connectivity index (χ3v) is 3.66. The maximum atomic E-state index is 6.20. The summed E-state index contributed by atoms with van der Waals surface area (Å²) in [6.07, 6.45) is 3.37. The molecule has 18 heavy (non-hydrogen) atoms. The summed E-state index contributed by atoms with van der Waals surface area (Å²) in [7, 11) is 0. The molecule has 0 amide bonds. The van der Waals surface area contributed by atoms with Crippen LogP contribution in [-0.2, 0) is 4.74 Å². The van der Waals surface area contributed by atoms with Gasteiger partial charge in [0.2, 0.25) is 0 Å². The fourth-order valence-electron chi connectivity index (χ4n) is 2.02. The van der Waals surface area contributed by atoms with E-state index in [0.717, 1.165) is 29.3 Å². The molecule has 2 nitrogen and oxygen atoms in total. The van der Waals surface area contributed by atoms with Gasteiger partial charge in [-0.1, -0.05) is 48.3 Å². The van der Waals surface area contributed by atoms with E-state index in [4.69, 9.17) is 10.5 Å². The molecule has 0 aromatic heterocycles. The lowest BCUT2D eigenvalue weighted by atomic mass is 10.0. The van der Waals surface area contributed by atoms with Crippen molar-refractivity contribution in [1.82, 2.24) is 0 Å². The molecule has 3 unspecified atom stereocenters. The summed E-state index contributed by atoms with van der Waals surface area (Å²) in [6, 6.07) is 8.30. The van der Waals surface area contributed by atoms with Crippen molar-refractivity contribution in [3.05, 3.63) is 34.3 Å². The lowest BCUT2D eigenvalue weighted by molar-refractivity contribution is -0.0222. The first kappa shape index (κ1) is 15.7. The zero-order valence-electron chi connectivity index (χ0n) is 11.5. The molecule has 0 saturated carbocycles. The Kier molecular flexibility index (Phi) is 6.90. The largest absolute Gasteiger partial charge is 0.369 e. The van der Waals surface area contributed by atoms with Gasteiger partial charge in [0.1, 0.15) is 0 Å². The predicted molar refractivity (Wildman–Crippen MR) is 80.6 cm³/mol. The number of hydrogen-bond acceptors (Lipinski definition) is 2. The standard InChI is InChI=1S/C15H24BrNO/c1-4-6-11(3)18-15(14(17)5-2)12-7-9-13(16)10-8-12/h7-11,14-15H,4-6,17H2,1-3H3. The monoisotopic (exact) mass is 313 g/mol. The van der Waals surface area contributed by atoms with Gasteiger partial charge in [-0.3, -0.25) is 0 Å². The van der Waals surface area contributed by atoms with Gasteiger partial charge in [-0.25, -0.2) is 0 Å². The second-order valence-corrected chi connectivity index (χ2v) is 5.70. The van der Waals surface area contributed by atoms with Crippen LogP contribution in [0.3, 0.4) is 0 Å². The Morgan fingerprint density at radius 2 is 1.83 bits per heavy atom. The van der Waals surface area contributed by atoms with Crippen LogP contribution in [0, 0.1) is 0 Å². The van der Waals surface area contributed by atoms with Crippen molar-refractivity contribution in [2.45, 2.75) is 58.3 Å². The molecule has 2 N–H and O–H groups in total. The Morgan fingerprint density at radius 3 is 2.33 bits per heavy atom. The highest BCUT2D eigenvalue weighted by Crippen LogP contribution is 2.26. The van der Waals surface area contributed by atoms with Crippen molar-refractivity contribution in [1.29, 1.82) is 0 Å². The highest BCUT2D eigenvalue weighted by atomic mass is 79.9. The molecule has 0 aliphatic rings. The zero-order valence-corrected chi connectivity index (χ0v) is 13.1. The van der Waals surface area contributed by atoms with E-state index in [0.29, 0.717) is 0 Å². The van der Waals surface area contributed by atoms with Gasteiger partial charge in [0.15, 0.2) is 0 Å². The first-order valence-electron chi connectivity index (χ1n) is 6.75. The molecule has 0 spiro atoms. The molecular formula is C15H24BrNO. The van der Waals surface area contributed by atoms with Crippen LogP contribution in [0.2, 0.25) is 0 Å². The SMILES string of the molecule is CCCC(C)OC(c1ccc(Br)cc1)C(N)CC. The predicted octanol–water partition coefficient (Wildman–Crippen LogP) is 4.43. The lowest BCUT2D eigenvalue weighted by Gasteiger charge is -2.27. The highest BCUT2D eigenvalue weighted by Gasteiger charge is 2.21. The molecule has 0 aliphatic carbocycles. The van der Waals surface area contributed by atoms with Crippen molar-refractivity contribution in [2.24, 2.45) is 5.73 Å². The van der Waals surface area contributed by atoms with Gasteiger partial charge in [0.05, 0.1) is 12.2 Å². The van der Waals surface area contributed by atoms with Crippen molar-refractivity contribution in [2.75, 3.05) is 0 Å². The van der Waals surface area contributed by atoms with E-state index in [1.54, 1.807) is 0 Å². The van der Waals surface area contributed by atoms with Gasteiger partial charge in [-0.15, -0.1) is 0 Å². The van der Waals surface area contributed by atoms with Crippen LogP contribution >= 0.6 is 15.9 Å². The normalized spacial score (nSPS) is 16.3. The fraction of sp³-hybridized carbons (Fsp3) is 0.600. The molecule has 0 radical (unpaired) electrons. The molecule has 0 fully saturated rings. The van der Waals surface area contributed by atoms with E-state index in [-0.39, 0.29) is 18.2 Å². The van der Waals surface area contributed by atoms with E-state index in [2.05, 4.69) is 48.8 Å². The zero-order chi connectivity index (χ0) is 13.5. The van der Waals surface area contributed by atoms with Gasteiger partial charge >= 0.3 is 0 Å². The number of ether oxygens (including phenoxy) is 1. The van der Waals surface area contributed by atoms with Gasteiger partial charge in [-0.2, -0.15) is 0 Å². The van der Waals surface area contributed by atoms with Crippen LogP contribution in [0.4, 0.5) is 0 Å². The molecular weight excluding hydrogens is 290 g/mol. The number of hydrogen-bond donors (Lipinski definition) is 1. The van der Waals surface area contributed by atoms with Crippen molar-refractivity contribution < 1.29 is 4.74 Å².